The van der Waals surface area contributed by atoms with Crippen molar-refractivity contribution in [3.63, 3.8) is 0 Å². The molecule has 1 unspecified atom stereocenters. The molecule has 1 aliphatic heterocycles. The van der Waals surface area contributed by atoms with Gasteiger partial charge >= 0.3 is 0 Å². The van der Waals surface area contributed by atoms with Gasteiger partial charge < -0.3 is 9.84 Å². The van der Waals surface area contributed by atoms with E-state index in [0.29, 0.717) is 53.8 Å². The van der Waals surface area contributed by atoms with E-state index in [1.807, 2.05) is 37.3 Å². The average Bonchev–Trinajstić information content (AvgIpc) is 3.45. The third-order valence-electron chi connectivity index (χ3n) is 5.55. The molecular formula is C22H26N4O4S2. The van der Waals surface area contributed by atoms with E-state index >= 15 is 0 Å². The second-order valence-electron chi connectivity index (χ2n) is 7.80. The fourth-order valence-corrected chi connectivity index (χ4v) is 6.78. The third kappa shape index (κ3) is 4.77. The van der Waals surface area contributed by atoms with Crippen LogP contribution >= 0.6 is 11.3 Å². The first-order valence-corrected chi connectivity index (χ1v) is 12.9. The molecule has 10 heteroatoms. The normalized spacial score (nSPS) is 17.4. The number of hydrogen-bond acceptors (Lipinski definition) is 7. The summed E-state index contributed by atoms with van der Waals surface area (Å²) in [7, 11) is -3.73. The van der Waals surface area contributed by atoms with Gasteiger partial charge in [0.25, 0.3) is 0 Å². The maximum atomic E-state index is 13.4. The summed E-state index contributed by atoms with van der Waals surface area (Å²) in [5.74, 6) is 0.421. The highest BCUT2D eigenvalue weighted by Crippen LogP contribution is 2.35. The molecule has 32 heavy (non-hydrogen) atoms. The highest BCUT2D eigenvalue weighted by Gasteiger charge is 2.35. The van der Waals surface area contributed by atoms with Gasteiger partial charge in [0.1, 0.15) is 0 Å². The maximum absolute atomic E-state index is 13.4. The second kappa shape index (κ2) is 9.51. The van der Waals surface area contributed by atoms with E-state index in [0.717, 1.165) is 5.56 Å². The topological polar surface area (TPSA) is 105 Å². The van der Waals surface area contributed by atoms with E-state index in [4.69, 9.17) is 4.52 Å². The quantitative estimate of drug-likeness (QED) is 0.563. The summed E-state index contributed by atoms with van der Waals surface area (Å²) in [4.78, 5) is 18.6. The molecule has 0 bridgehead atoms. The summed E-state index contributed by atoms with van der Waals surface area (Å²) >= 11 is 1.32. The van der Waals surface area contributed by atoms with Gasteiger partial charge in [-0.25, -0.2) is 8.42 Å². The largest absolute Gasteiger partial charge is 0.352 e. The predicted molar refractivity (Wildman–Crippen MR) is 121 cm³/mol. The number of thiophene rings is 1. The summed E-state index contributed by atoms with van der Waals surface area (Å²) in [6.07, 6.45) is 1.93. The van der Waals surface area contributed by atoms with Gasteiger partial charge in [0.05, 0.1) is 15.7 Å². The molecule has 4 rings (SSSR count). The van der Waals surface area contributed by atoms with Crippen molar-refractivity contribution in [1.29, 1.82) is 0 Å². The Bertz CT molecular complexity index is 1190. The van der Waals surface area contributed by atoms with Crippen LogP contribution in [0.15, 0.2) is 45.8 Å². The SMILES string of the molecule is CCc1nc(-c2cc(S(=O)(=O)N3CCCC(C(=O)NCc4ccccc4)C3)c(C)s2)no1. The number of piperidine rings is 1. The van der Waals surface area contributed by atoms with Gasteiger partial charge in [0, 0.05) is 30.9 Å². The van der Waals surface area contributed by atoms with Crippen LogP contribution in [0.25, 0.3) is 10.7 Å². The van der Waals surface area contributed by atoms with Crippen LogP contribution in [0.1, 0.15) is 36.1 Å². The van der Waals surface area contributed by atoms with Crippen LogP contribution in [0.5, 0.6) is 0 Å². The first-order chi connectivity index (χ1) is 15.4. The van der Waals surface area contributed by atoms with Crippen molar-refractivity contribution < 1.29 is 17.7 Å². The first kappa shape index (κ1) is 22.6. The van der Waals surface area contributed by atoms with Crippen LogP contribution in [0.3, 0.4) is 0 Å². The highest BCUT2D eigenvalue weighted by molar-refractivity contribution is 7.89. The zero-order valence-electron chi connectivity index (χ0n) is 18.1. The van der Waals surface area contributed by atoms with Gasteiger partial charge in [-0.1, -0.05) is 42.4 Å². The number of nitrogens with one attached hydrogen (secondary N) is 1. The van der Waals surface area contributed by atoms with Gasteiger partial charge in [0.2, 0.25) is 27.6 Å². The molecule has 0 spiro atoms. The Balaban J connectivity index is 1.47. The van der Waals surface area contributed by atoms with Gasteiger partial charge in [-0.15, -0.1) is 11.3 Å². The molecular weight excluding hydrogens is 448 g/mol. The van der Waals surface area contributed by atoms with E-state index in [2.05, 4.69) is 15.5 Å². The van der Waals surface area contributed by atoms with E-state index in [-0.39, 0.29) is 23.3 Å². The molecule has 1 amide bonds. The minimum Gasteiger partial charge on any atom is -0.352 e. The zero-order chi connectivity index (χ0) is 22.7. The average molecular weight is 475 g/mol. The summed E-state index contributed by atoms with van der Waals surface area (Å²) in [5.41, 5.74) is 1.01. The smallest absolute Gasteiger partial charge is 0.244 e. The number of carbonyl (C=O) groups is 1. The monoisotopic (exact) mass is 474 g/mol. The van der Waals surface area contributed by atoms with Crippen molar-refractivity contribution >= 4 is 27.3 Å². The maximum Gasteiger partial charge on any atom is 0.244 e. The Kier molecular flexibility index (Phi) is 6.73. The van der Waals surface area contributed by atoms with Crippen molar-refractivity contribution in [2.75, 3.05) is 13.1 Å². The lowest BCUT2D eigenvalue weighted by Gasteiger charge is -2.31. The molecule has 170 valence electrons. The van der Waals surface area contributed by atoms with Gasteiger partial charge in [-0.2, -0.15) is 9.29 Å². The number of amides is 1. The van der Waals surface area contributed by atoms with Crippen molar-refractivity contribution in [1.82, 2.24) is 19.8 Å². The Morgan fingerprint density at radius 2 is 2.09 bits per heavy atom. The van der Waals surface area contributed by atoms with Crippen LogP contribution < -0.4 is 5.32 Å². The van der Waals surface area contributed by atoms with Crippen molar-refractivity contribution in [3.8, 4) is 10.7 Å². The number of benzene rings is 1. The fourth-order valence-electron chi connectivity index (χ4n) is 3.77. The molecule has 1 atom stereocenters. The zero-order valence-corrected chi connectivity index (χ0v) is 19.7. The molecule has 0 saturated carbocycles. The van der Waals surface area contributed by atoms with Crippen LogP contribution in [0.2, 0.25) is 0 Å². The molecule has 3 aromatic rings. The predicted octanol–water partition coefficient (Wildman–Crippen LogP) is 3.39. The van der Waals surface area contributed by atoms with Crippen LogP contribution in [-0.4, -0.2) is 41.9 Å². The second-order valence-corrected chi connectivity index (χ2v) is 11.0. The lowest BCUT2D eigenvalue weighted by atomic mass is 9.99. The summed E-state index contributed by atoms with van der Waals surface area (Å²) < 4.78 is 33.4. The number of nitrogens with zero attached hydrogens (tertiary/aromatic N) is 3. The van der Waals surface area contributed by atoms with Crippen LogP contribution in [0.4, 0.5) is 0 Å². The molecule has 0 aliphatic carbocycles. The lowest BCUT2D eigenvalue weighted by Crippen LogP contribution is -2.45. The third-order valence-corrected chi connectivity index (χ3v) is 8.71. The lowest BCUT2D eigenvalue weighted by molar-refractivity contribution is -0.126. The molecule has 2 aromatic heterocycles. The number of hydrogen-bond donors (Lipinski definition) is 1. The highest BCUT2D eigenvalue weighted by atomic mass is 32.2. The first-order valence-electron chi connectivity index (χ1n) is 10.6. The van der Waals surface area contributed by atoms with E-state index in [1.54, 1.807) is 13.0 Å². The van der Waals surface area contributed by atoms with Crippen LogP contribution in [0, 0.1) is 12.8 Å². The number of carbonyl (C=O) groups excluding carboxylic acids is 1. The Morgan fingerprint density at radius 1 is 1.31 bits per heavy atom. The van der Waals surface area contributed by atoms with E-state index < -0.39 is 10.0 Å². The molecule has 1 saturated heterocycles. The van der Waals surface area contributed by atoms with Gasteiger partial charge in [-0.3, -0.25) is 4.79 Å². The van der Waals surface area contributed by atoms with Crippen molar-refractivity contribution in [3.05, 3.63) is 52.7 Å². The van der Waals surface area contributed by atoms with Gasteiger partial charge in [0.15, 0.2) is 0 Å². The Labute approximate surface area is 191 Å². The molecule has 8 nitrogen and oxygen atoms in total. The number of aromatic nitrogens is 2. The molecule has 1 aromatic carbocycles. The molecule has 0 radical (unpaired) electrons. The number of rotatable bonds is 7. The van der Waals surface area contributed by atoms with E-state index in [1.165, 1.54) is 15.6 Å². The van der Waals surface area contributed by atoms with Crippen molar-refractivity contribution in [2.24, 2.45) is 5.92 Å². The minimum atomic E-state index is -3.73. The summed E-state index contributed by atoms with van der Waals surface area (Å²) in [5, 5.41) is 6.89. The molecule has 1 aliphatic rings. The number of sulfonamides is 1. The minimum absolute atomic E-state index is 0.115. The summed E-state index contributed by atoms with van der Waals surface area (Å²) in [6.45, 7) is 4.69. The van der Waals surface area contributed by atoms with Crippen molar-refractivity contribution in [2.45, 2.75) is 44.6 Å². The molecule has 1 fully saturated rings. The van der Waals surface area contributed by atoms with E-state index in [9.17, 15) is 13.2 Å². The molecule has 1 N–H and O–H groups in total. The molecule has 3 heterocycles. The van der Waals surface area contributed by atoms with Crippen LogP contribution in [-0.2, 0) is 27.8 Å². The number of aryl methyl sites for hydroxylation is 2. The Morgan fingerprint density at radius 3 is 2.81 bits per heavy atom. The summed E-state index contributed by atoms with van der Waals surface area (Å²) in [6, 6.07) is 11.3. The fraction of sp³-hybridized carbons (Fsp3) is 0.409. The Hall–Kier alpha value is -2.56. The van der Waals surface area contributed by atoms with Gasteiger partial charge in [-0.05, 0) is 31.4 Å². The standard InChI is InChI=1S/C22H26N4O4S2/c1-3-20-24-21(25-30-20)18-12-19(15(2)31-18)32(28,29)26-11-7-10-17(14-26)22(27)23-13-16-8-5-4-6-9-16/h4-6,8-9,12,17H,3,7,10-11,13-14H2,1-2H3,(H,23,27).